The average Bonchev–Trinajstić information content (AvgIpc) is 2.85. The van der Waals surface area contributed by atoms with Crippen LogP contribution in [-0.4, -0.2) is 43.3 Å². The zero-order valence-corrected chi connectivity index (χ0v) is 10.9. The van der Waals surface area contributed by atoms with Crippen molar-refractivity contribution in [1.82, 2.24) is 15.1 Å². The van der Waals surface area contributed by atoms with Gasteiger partial charge in [-0.3, -0.25) is 4.68 Å². The first-order valence-corrected chi connectivity index (χ1v) is 7.82. The smallest absolute Gasteiger partial charge is 0.152 e. The summed E-state index contributed by atoms with van der Waals surface area (Å²) in [4.78, 5) is 0. The van der Waals surface area contributed by atoms with Gasteiger partial charge in [0, 0.05) is 11.9 Å². The molecule has 1 saturated heterocycles. The van der Waals surface area contributed by atoms with Crippen LogP contribution < -0.4 is 5.32 Å². The summed E-state index contributed by atoms with van der Waals surface area (Å²) in [5.41, 5.74) is 1.14. The van der Waals surface area contributed by atoms with Crippen LogP contribution in [0.5, 0.6) is 0 Å². The van der Waals surface area contributed by atoms with E-state index < -0.39 is 9.84 Å². The van der Waals surface area contributed by atoms with Gasteiger partial charge in [0.1, 0.15) is 0 Å². The lowest BCUT2D eigenvalue weighted by atomic mass is 10.2. The molecule has 6 heteroatoms. The fourth-order valence-corrected chi connectivity index (χ4v) is 3.97. The molecule has 0 spiro atoms. The minimum Gasteiger partial charge on any atom is -0.320 e. The van der Waals surface area contributed by atoms with E-state index in [9.17, 15) is 8.42 Å². The second-order valence-corrected chi connectivity index (χ2v) is 6.76. The third-order valence-electron chi connectivity index (χ3n) is 3.17. The van der Waals surface area contributed by atoms with Gasteiger partial charge in [-0.1, -0.05) is 0 Å². The number of aryl methyl sites for hydroxylation is 1. The minimum atomic E-state index is -2.84. The van der Waals surface area contributed by atoms with E-state index in [1.165, 1.54) is 0 Å². The molecule has 1 aromatic rings. The predicted octanol–water partition coefficient (Wildman–Crippen LogP) is 0.395. The number of nitrogens with zero attached hydrogens (tertiary/aromatic N) is 2. The van der Waals surface area contributed by atoms with Gasteiger partial charge in [0.15, 0.2) is 9.84 Å². The Kier molecular flexibility index (Phi) is 3.83. The summed E-state index contributed by atoms with van der Waals surface area (Å²) in [7, 11) is -0.905. The van der Waals surface area contributed by atoms with Crippen molar-refractivity contribution in [2.45, 2.75) is 25.3 Å². The van der Waals surface area contributed by atoms with Crippen molar-refractivity contribution in [3.8, 4) is 0 Å². The highest BCUT2D eigenvalue weighted by Gasteiger charge is 2.30. The van der Waals surface area contributed by atoms with Gasteiger partial charge in [0.05, 0.1) is 17.5 Å². The first-order valence-electron chi connectivity index (χ1n) is 6.00. The monoisotopic (exact) mass is 257 g/mol. The van der Waals surface area contributed by atoms with Crippen molar-refractivity contribution in [1.29, 1.82) is 0 Å². The van der Waals surface area contributed by atoms with Gasteiger partial charge in [0.25, 0.3) is 0 Å². The minimum absolute atomic E-state index is 0.0413. The molecular formula is C11H19N3O2S. The molecule has 1 aliphatic rings. The highest BCUT2D eigenvalue weighted by atomic mass is 32.2. The highest BCUT2D eigenvalue weighted by Crippen LogP contribution is 2.24. The van der Waals surface area contributed by atoms with Gasteiger partial charge in [-0.15, -0.1) is 0 Å². The Balaban J connectivity index is 2.04. The number of hydrogen-bond donors (Lipinski definition) is 1. The first kappa shape index (κ1) is 12.6. The number of nitrogens with one attached hydrogen (secondary N) is 1. The second-order valence-electron chi connectivity index (χ2n) is 4.53. The summed E-state index contributed by atoms with van der Waals surface area (Å²) in [6.45, 7) is 0.966. The summed E-state index contributed by atoms with van der Waals surface area (Å²) in [6.07, 6.45) is 4.45. The van der Waals surface area contributed by atoms with Crippen molar-refractivity contribution >= 4 is 9.84 Å². The number of rotatable bonds is 5. The van der Waals surface area contributed by atoms with Crippen LogP contribution in [0.2, 0.25) is 0 Å². The van der Waals surface area contributed by atoms with Crippen LogP contribution >= 0.6 is 0 Å². The molecule has 2 heterocycles. The van der Waals surface area contributed by atoms with Crippen molar-refractivity contribution in [2.75, 3.05) is 25.1 Å². The fraction of sp³-hybridized carbons (Fsp3) is 0.727. The molecule has 5 nitrogen and oxygen atoms in total. The molecule has 0 aromatic carbocycles. The molecule has 2 rings (SSSR count). The Morgan fingerprint density at radius 2 is 2.41 bits per heavy atom. The molecule has 1 N–H and O–H groups in total. The molecule has 96 valence electrons. The largest absolute Gasteiger partial charge is 0.320 e. The van der Waals surface area contributed by atoms with Crippen molar-refractivity contribution < 1.29 is 8.42 Å². The van der Waals surface area contributed by atoms with E-state index in [1.807, 2.05) is 17.8 Å². The summed E-state index contributed by atoms with van der Waals surface area (Å²) in [6, 6.07) is 2.03. The second kappa shape index (κ2) is 5.18. The molecule has 0 amide bonds. The van der Waals surface area contributed by atoms with Gasteiger partial charge in [-0.25, -0.2) is 8.42 Å². The SMILES string of the molecule is CNCCCc1ccnn1C1CCS(=O)(=O)C1. The molecule has 0 saturated carbocycles. The van der Waals surface area contributed by atoms with Gasteiger partial charge in [0.2, 0.25) is 0 Å². The highest BCUT2D eigenvalue weighted by molar-refractivity contribution is 7.91. The fourth-order valence-electron chi connectivity index (χ4n) is 2.28. The quantitative estimate of drug-likeness (QED) is 0.775. The van der Waals surface area contributed by atoms with Crippen molar-refractivity contribution in [3.63, 3.8) is 0 Å². The van der Waals surface area contributed by atoms with Crippen LogP contribution in [0, 0.1) is 0 Å². The van der Waals surface area contributed by atoms with E-state index in [2.05, 4.69) is 10.4 Å². The topological polar surface area (TPSA) is 64.0 Å². The zero-order chi connectivity index (χ0) is 12.3. The average molecular weight is 257 g/mol. The Labute approximate surface area is 102 Å². The Morgan fingerprint density at radius 3 is 3.06 bits per heavy atom. The lowest BCUT2D eigenvalue weighted by Crippen LogP contribution is -2.16. The summed E-state index contributed by atoms with van der Waals surface area (Å²) in [5, 5.41) is 7.38. The molecule has 0 radical (unpaired) electrons. The van der Waals surface area contributed by atoms with E-state index in [0.29, 0.717) is 12.2 Å². The number of sulfone groups is 1. The van der Waals surface area contributed by atoms with Crippen LogP contribution in [0.1, 0.15) is 24.6 Å². The molecule has 1 fully saturated rings. The van der Waals surface area contributed by atoms with Gasteiger partial charge in [-0.2, -0.15) is 5.10 Å². The molecule has 1 unspecified atom stereocenters. The predicted molar refractivity (Wildman–Crippen MR) is 66.8 cm³/mol. The summed E-state index contributed by atoms with van der Waals surface area (Å²) >= 11 is 0. The van der Waals surface area contributed by atoms with Crippen molar-refractivity contribution in [2.24, 2.45) is 0 Å². The maximum absolute atomic E-state index is 11.5. The zero-order valence-electron chi connectivity index (χ0n) is 10.1. The van der Waals surface area contributed by atoms with Crippen molar-refractivity contribution in [3.05, 3.63) is 18.0 Å². The van der Waals surface area contributed by atoms with Crippen LogP contribution in [0.25, 0.3) is 0 Å². The Bertz CT molecular complexity index is 467. The van der Waals surface area contributed by atoms with Gasteiger partial charge in [-0.05, 0) is 38.9 Å². The number of aromatic nitrogens is 2. The molecule has 0 bridgehead atoms. The van der Waals surface area contributed by atoms with Gasteiger partial charge >= 0.3 is 0 Å². The Morgan fingerprint density at radius 1 is 1.59 bits per heavy atom. The first-order chi connectivity index (χ1) is 8.12. The van der Waals surface area contributed by atoms with E-state index >= 15 is 0 Å². The van der Waals surface area contributed by atoms with Crippen LogP contribution in [0.3, 0.4) is 0 Å². The standard InChI is InChI=1S/C11H19N3O2S/c1-12-6-2-3-10-4-7-13-14(10)11-5-8-17(15,16)9-11/h4,7,11-12H,2-3,5-6,8-9H2,1H3. The summed E-state index contributed by atoms with van der Waals surface area (Å²) < 4.78 is 24.8. The van der Waals surface area contributed by atoms with Gasteiger partial charge < -0.3 is 5.32 Å². The van der Waals surface area contributed by atoms with E-state index in [4.69, 9.17) is 0 Å². The van der Waals surface area contributed by atoms with E-state index in [-0.39, 0.29) is 11.8 Å². The number of hydrogen-bond acceptors (Lipinski definition) is 4. The third kappa shape index (κ3) is 3.07. The maximum Gasteiger partial charge on any atom is 0.152 e. The molecule has 0 aliphatic carbocycles. The Hall–Kier alpha value is -0.880. The third-order valence-corrected chi connectivity index (χ3v) is 4.92. The lowest BCUT2D eigenvalue weighted by Gasteiger charge is -2.13. The van der Waals surface area contributed by atoms with Crippen LogP contribution in [0.15, 0.2) is 12.3 Å². The van der Waals surface area contributed by atoms with Crippen LogP contribution in [-0.2, 0) is 16.3 Å². The normalized spacial score (nSPS) is 23.0. The molecule has 1 atom stereocenters. The van der Waals surface area contributed by atoms with E-state index in [0.717, 1.165) is 25.1 Å². The molecule has 1 aliphatic heterocycles. The summed E-state index contributed by atoms with van der Waals surface area (Å²) in [5.74, 6) is 0.543. The molecular weight excluding hydrogens is 238 g/mol. The molecule has 17 heavy (non-hydrogen) atoms. The van der Waals surface area contributed by atoms with E-state index in [1.54, 1.807) is 6.20 Å². The maximum atomic E-state index is 11.5. The van der Waals surface area contributed by atoms with Crippen LogP contribution in [0.4, 0.5) is 0 Å². The lowest BCUT2D eigenvalue weighted by molar-refractivity contribution is 0.476. The molecule has 1 aromatic heterocycles.